The van der Waals surface area contributed by atoms with Crippen LogP contribution in [0.3, 0.4) is 0 Å². The molecule has 7 heteroatoms. The number of rotatable bonds is 3. The molecule has 0 aliphatic carbocycles. The number of piperidine rings is 1. The van der Waals surface area contributed by atoms with E-state index in [9.17, 15) is 9.18 Å². The molecule has 0 spiro atoms. The summed E-state index contributed by atoms with van der Waals surface area (Å²) in [4.78, 5) is 22.2. The maximum absolute atomic E-state index is 14.3. The first-order chi connectivity index (χ1) is 15.0. The Bertz CT molecular complexity index is 1130. The van der Waals surface area contributed by atoms with E-state index in [0.717, 1.165) is 55.1 Å². The van der Waals surface area contributed by atoms with Crippen LogP contribution < -0.4 is 4.90 Å². The molecule has 1 aromatic carbocycles. The van der Waals surface area contributed by atoms with E-state index in [4.69, 9.17) is 10.1 Å². The third kappa shape index (κ3) is 3.66. The van der Waals surface area contributed by atoms with E-state index < -0.39 is 5.82 Å². The molecule has 2 saturated heterocycles. The van der Waals surface area contributed by atoms with Gasteiger partial charge in [-0.1, -0.05) is 19.1 Å². The molecule has 4 heterocycles. The highest BCUT2D eigenvalue weighted by atomic mass is 19.1. The van der Waals surface area contributed by atoms with Gasteiger partial charge in [-0.15, -0.1) is 0 Å². The smallest absolute Gasteiger partial charge is 0.257 e. The molecule has 0 unspecified atom stereocenters. The molecule has 31 heavy (non-hydrogen) atoms. The Hall–Kier alpha value is -2.96. The van der Waals surface area contributed by atoms with E-state index in [1.54, 1.807) is 23.1 Å². The van der Waals surface area contributed by atoms with Crippen molar-refractivity contribution < 1.29 is 9.18 Å². The first-order valence-electron chi connectivity index (χ1n) is 11.2. The quantitative estimate of drug-likeness (QED) is 0.629. The second-order valence-corrected chi connectivity index (χ2v) is 8.95. The number of hydrogen-bond donors (Lipinski definition) is 0. The van der Waals surface area contributed by atoms with Gasteiger partial charge in [0.1, 0.15) is 11.6 Å². The van der Waals surface area contributed by atoms with Crippen LogP contribution in [0.1, 0.15) is 60.3 Å². The van der Waals surface area contributed by atoms with Gasteiger partial charge >= 0.3 is 0 Å². The molecule has 1 amide bonds. The van der Waals surface area contributed by atoms with Gasteiger partial charge < -0.3 is 9.80 Å². The number of halogens is 1. The Morgan fingerprint density at radius 3 is 2.77 bits per heavy atom. The van der Waals surface area contributed by atoms with E-state index in [2.05, 4.69) is 18.7 Å². The van der Waals surface area contributed by atoms with Gasteiger partial charge in [0.15, 0.2) is 5.65 Å². The van der Waals surface area contributed by atoms with Gasteiger partial charge in [0.05, 0.1) is 17.3 Å². The lowest BCUT2D eigenvalue weighted by molar-refractivity contribution is 0.0601. The summed E-state index contributed by atoms with van der Waals surface area (Å²) in [5.74, 6) is 0.952. The van der Waals surface area contributed by atoms with Crippen LogP contribution in [-0.4, -0.2) is 45.0 Å². The second kappa shape index (κ2) is 7.94. The van der Waals surface area contributed by atoms with Crippen LogP contribution in [0.25, 0.3) is 5.65 Å². The van der Waals surface area contributed by atoms with Crippen LogP contribution in [0, 0.1) is 18.7 Å². The Morgan fingerprint density at radius 2 is 2.00 bits per heavy atom. The number of hydrogen-bond acceptors (Lipinski definition) is 4. The van der Waals surface area contributed by atoms with Crippen molar-refractivity contribution in [2.45, 2.75) is 45.6 Å². The highest BCUT2D eigenvalue weighted by molar-refractivity contribution is 5.94. The summed E-state index contributed by atoms with van der Waals surface area (Å²) in [5, 5.41) is 4.78. The van der Waals surface area contributed by atoms with Gasteiger partial charge in [0, 0.05) is 37.5 Å². The van der Waals surface area contributed by atoms with Crippen LogP contribution in [-0.2, 0) is 0 Å². The fourth-order valence-electron chi connectivity index (χ4n) is 4.90. The molecular formula is C24H28FN5O. The summed E-state index contributed by atoms with van der Waals surface area (Å²) in [6.07, 6.45) is 5.96. The lowest BCUT2D eigenvalue weighted by Gasteiger charge is -2.34. The lowest BCUT2D eigenvalue weighted by Crippen LogP contribution is -2.39. The summed E-state index contributed by atoms with van der Waals surface area (Å²) >= 11 is 0. The number of amides is 1. The van der Waals surface area contributed by atoms with Crippen LogP contribution in [0.2, 0.25) is 0 Å². The number of carbonyl (C=O) groups excluding carboxylic acids is 1. The summed E-state index contributed by atoms with van der Waals surface area (Å²) in [6, 6.07) is 8.02. The van der Waals surface area contributed by atoms with E-state index >= 15 is 0 Å². The minimum atomic E-state index is -0.478. The van der Waals surface area contributed by atoms with Crippen molar-refractivity contribution in [2.24, 2.45) is 5.92 Å². The van der Waals surface area contributed by atoms with E-state index in [1.165, 1.54) is 12.5 Å². The normalized spacial score (nSPS) is 21.8. The Kier molecular flexibility index (Phi) is 5.12. The van der Waals surface area contributed by atoms with Crippen molar-refractivity contribution in [3.63, 3.8) is 0 Å². The average Bonchev–Trinajstić information content (AvgIpc) is 3.38. The van der Waals surface area contributed by atoms with Gasteiger partial charge in [0.2, 0.25) is 0 Å². The van der Waals surface area contributed by atoms with Crippen molar-refractivity contribution in [1.29, 1.82) is 0 Å². The first kappa shape index (κ1) is 20.0. The molecule has 3 aromatic rings. The minimum Gasteiger partial charge on any atom is -0.356 e. The maximum atomic E-state index is 14.3. The molecule has 0 saturated carbocycles. The fraction of sp³-hybridized carbons (Fsp3) is 0.458. The molecule has 2 fully saturated rings. The lowest BCUT2D eigenvalue weighted by atomic mass is 9.98. The summed E-state index contributed by atoms with van der Waals surface area (Å²) < 4.78 is 16.1. The number of aryl methyl sites for hydroxylation is 1. The molecule has 0 bridgehead atoms. The zero-order valence-electron chi connectivity index (χ0n) is 18.1. The molecule has 5 rings (SSSR count). The van der Waals surface area contributed by atoms with E-state index in [1.807, 2.05) is 16.8 Å². The molecule has 2 aliphatic rings. The predicted molar refractivity (Wildman–Crippen MR) is 118 cm³/mol. The third-order valence-electron chi connectivity index (χ3n) is 6.56. The van der Waals surface area contributed by atoms with Crippen molar-refractivity contribution in [2.75, 3.05) is 24.5 Å². The Morgan fingerprint density at radius 1 is 1.16 bits per heavy atom. The summed E-state index contributed by atoms with van der Waals surface area (Å²) in [5.41, 5.74) is 2.83. The van der Waals surface area contributed by atoms with E-state index in [0.29, 0.717) is 12.5 Å². The molecule has 2 aliphatic heterocycles. The Balaban J connectivity index is 1.48. The zero-order chi connectivity index (χ0) is 21.5. The number of fused-ring (bicyclic) bond motifs is 1. The molecule has 162 valence electrons. The molecule has 2 aromatic heterocycles. The SMILES string of the molecule is Cc1cn2nc([C@@H]3CCCCN3C(=O)c3ccccc3F)cc2nc1N1CC[C@H](C)C1. The Labute approximate surface area is 181 Å². The number of aromatic nitrogens is 3. The molecule has 6 nitrogen and oxygen atoms in total. The van der Waals surface area contributed by atoms with Crippen molar-refractivity contribution in [1.82, 2.24) is 19.5 Å². The highest BCUT2D eigenvalue weighted by Gasteiger charge is 2.32. The standard InChI is InChI=1S/C24H28FN5O/c1-16-10-12-28(14-16)23-17(2)15-30-22(26-23)13-20(27-30)21-9-5-6-11-29(21)24(31)18-7-3-4-8-19(18)25/h3-4,7-8,13,15-16,21H,5-6,9-12,14H2,1-2H3/t16-,21-/m0/s1. The summed E-state index contributed by atoms with van der Waals surface area (Å²) in [6.45, 7) is 7.00. The number of anilines is 1. The van der Waals surface area contributed by atoms with Gasteiger partial charge in [0.25, 0.3) is 5.91 Å². The predicted octanol–water partition coefficient (Wildman–Crippen LogP) is 4.39. The topological polar surface area (TPSA) is 53.7 Å². The largest absolute Gasteiger partial charge is 0.356 e. The monoisotopic (exact) mass is 421 g/mol. The van der Waals surface area contributed by atoms with Crippen molar-refractivity contribution in [3.05, 3.63) is 59.2 Å². The highest BCUT2D eigenvalue weighted by Crippen LogP contribution is 2.33. The van der Waals surface area contributed by atoms with E-state index in [-0.39, 0.29) is 17.5 Å². The van der Waals surface area contributed by atoms with Crippen LogP contribution in [0.4, 0.5) is 10.2 Å². The number of benzene rings is 1. The van der Waals surface area contributed by atoms with Gasteiger partial charge in [-0.3, -0.25) is 4.79 Å². The average molecular weight is 422 g/mol. The molecular weight excluding hydrogens is 393 g/mol. The van der Waals surface area contributed by atoms with Crippen LogP contribution in [0.5, 0.6) is 0 Å². The number of carbonyl (C=O) groups is 1. The number of nitrogens with zero attached hydrogens (tertiary/aromatic N) is 5. The second-order valence-electron chi connectivity index (χ2n) is 8.95. The van der Waals surface area contributed by atoms with Crippen LogP contribution >= 0.6 is 0 Å². The zero-order valence-corrected chi connectivity index (χ0v) is 18.1. The van der Waals surface area contributed by atoms with Gasteiger partial charge in [-0.2, -0.15) is 5.10 Å². The number of likely N-dealkylation sites (tertiary alicyclic amines) is 1. The fourth-order valence-corrected chi connectivity index (χ4v) is 4.90. The third-order valence-corrected chi connectivity index (χ3v) is 6.56. The van der Waals surface area contributed by atoms with Gasteiger partial charge in [-0.05, 0) is 50.7 Å². The van der Waals surface area contributed by atoms with Crippen LogP contribution in [0.15, 0.2) is 36.5 Å². The van der Waals surface area contributed by atoms with Crippen molar-refractivity contribution >= 4 is 17.4 Å². The molecule has 2 atom stereocenters. The minimum absolute atomic E-state index is 0.123. The summed E-state index contributed by atoms with van der Waals surface area (Å²) in [7, 11) is 0. The first-order valence-corrected chi connectivity index (χ1v) is 11.2. The van der Waals surface area contributed by atoms with Gasteiger partial charge in [-0.25, -0.2) is 13.9 Å². The van der Waals surface area contributed by atoms with Crippen molar-refractivity contribution in [3.8, 4) is 0 Å². The molecule has 0 radical (unpaired) electrons. The molecule has 0 N–H and O–H groups in total. The maximum Gasteiger partial charge on any atom is 0.257 e.